The molecule has 15 heteroatoms. The van der Waals surface area contributed by atoms with Gasteiger partial charge in [-0.25, -0.2) is 8.42 Å². The van der Waals surface area contributed by atoms with E-state index < -0.39 is 10.0 Å². The van der Waals surface area contributed by atoms with Gasteiger partial charge in [-0.2, -0.15) is 0 Å². The molecule has 8 aromatic rings. The molecule has 8 aromatic carbocycles. The average Bonchev–Trinajstić information content (AvgIpc) is 4.19. The van der Waals surface area contributed by atoms with Crippen LogP contribution in [0.3, 0.4) is 0 Å². The number of piperazine rings is 2. The Morgan fingerprint density at radius 3 is 1.49 bits per heavy atom. The molecule has 2 saturated heterocycles. The van der Waals surface area contributed by atoms with Crippen LogP contribution in [-0.2, 0) is 36.0 Å². The van der Waals surface area contributed by atoms with E-state index in [0.29, 0.717) is 30.8 Å². The Labute approximate surface area is 488 Å². The van der Waals surface area contributed by atoms with Gasteiger partial charge >= 0.3 is 0 Å². The Morgan fingerprint density at radius 1 is 0.482 bits per heavy atom. The molecule has 4 heterocycles. The number of carbonyl (C=O) groups is 2. The summed E-state index contributed by atoms with van der Waals surface area (Å²) >= 11 is 0. The zero-order valence-corrected chi connectivity index (χ0v) is 48.7. The number of carbonyl (C=O) groups excluding carboxylic acids is 2. The summed E-state index contributed by atoms with van der Waals surface area (Å²) in [5.74, 6) is 1.89. The minimum absolute atomic E-state index is 0.0494. The van der Waals surface area contributed by atoms with E-state index in [1.165, 1.54) is 11.3 Å². The molecular formula is C68H74N8O6S. The van der Waals surface area contributed by atoms with Crippen molar-refractivity contribution >= 4 is 66.7 Å². The number of nitrogens with zero attached hydrogens (tertiary/aromatic N) is 6. The topological polar surface area (TPSA) is 144 Å². The minimum atomic E-state index is -3.78. The summed E-state index contributed by atoms with van der Waals surface area (Å²) in [6, 6.07) is 56.6. The van der Waals surface area contributed by atoms with Crippen LogP contribution in [0.4, 0.5) is 34.1 Å². The maximum absolute atomic E-state index is 13.8. The second kappa shape index (κ2) is 25.0. The van der Waals surface area contributed by atoms with Gasteiger partial charge in [0, 0.05) is 112 Å². The molecule has 12 rings (SSSR count). The number of rotatable bonds is 15. The van der Waals surface area contributed by atoms with Gasteiger partial charge in [-0.05, 0) is 171 Å². The average molecular weight is 1130 g/mol. The highest BCUT2D eigenvalue weighted by molar-refractivity contribution is 7.92. The summed E-state index contributed by atoms with van der Waals surface area (Å²) in [5, 5.41) is 1.85. The van der Waals surface area contributed by atoms with Gasteiger partial charge < -0.3 is 34.8 Å². The maximum Gasteiger partial charge on any atom is 0.261 e. The molecule has 4 aliphatic heterocycles. The molecule has 0 unspecified atom stereocenters. The van der Waals surface area contributed by atoms with E-state index in [2.05, 4.69) is 86.7 Å². The third kappa shape index (κ3) is 13.3. The van der Waals surface area contributed by atoms with Crippen molar-refractivity contribution in [3.05, 3.63) is 209 Å². The van der Waals surface area contributed by atoms with Crippen LogP contribution >= 0.6 is 0 Å². The molecule has 0 spiro atoms. The SMILES string of the molecule is CC(C)Oc1ccccc1N1CCN(Cc2cccc(C(=O)N3CCc4cc(N)ccc43)c2)CC1.CC(C)Oc1ccccc1N1CCN(Cc2cccc(C(=O)N3CCc4cc(NS(=O)(=O)c5ccc6ccccc6c5)ccc43)c2)CC1. The monoisotopic (exact) mass is 1130 g/mol. The van der Waals surface area contributed by atoms with Crippen LogP contribution in [0.1, 0.15) is 70.7 Å². The number of hydrogen-bond acceptors (Lipinski definition) is 11. The molecule has 0 aromatic heterocycles. The molecular weight excluding hydrogens is 1060 g/mol. The number of amides is 2. The molecule has 3 N–H and O–H groups in total. The zero-order chi connectivity index (χ0) is 57.6. The Hall–Kier alpha value is -8.37. The van der Waals surface area contributed by atoms with Crippen molar-refractivity contribution in [2.24, 2.45) is 0 Å². The molecule has 4 aliphatic rings. The second-order valence-electron chi connectivity index (χ2n) is 22.5. The predicted octanol–water partition coefficient (Wildman–Crippen LogP) is 11.5. The van der Waals surface area contributed by atoms with E-state index in [9.17, 15) is 18.0 Å². The van der Waals surface area contributed by atoms with Crippen LogP contribution in [0.2, 0.25) is 0 Å². The number of ether oxygens (including phenoxy) is 2. The Kier molecular flexibility index (Phi) is 17.0. The third-order valence-electron chi connectivity index (χ3n) is 15.8. The number of sulfonamides is 1. The molecule has 83 heavy (non-hydrogen) atoms. The van der Waals surface area contributed by atoms with Gasteiger partial charge in [0.1, 0.15) is 11.5 Å². The van der Waals surface area contributed by atoms with E-state index in [4.69, 9.17) is 15.2 Å². The summed E-state index contributed by atoms with van der Waals surface area (Å²) < 4.78 is 41.3. The number of anilines is 6. The van der Waals surface area contributed by atoms with Gasteiger partial charge in [0.15, 0.2) is 0 Å². The lowest BCUT2D eigenvalue weighted by molar-refractivity contribution is 0.0981. The highest BCUT2D eigenvalue weighted by atomic mass is 32.2. The number of nitrogens with two attached hydrogens (primary N) is 1. The van der Waals surface area contributed by atoms with Crippen LogP contribution in [-0.4, -0.2) is 108 Å². The molecule has 2 fully saturated rings. The van der Waals surface area contributed by atoms with Crippen molar-refractivity contribution in [2.75, 3.05) is 95.5 Å². The number of nitrogens with one attached hydrogen (secondary N) is 1. The quantitative estimate of drug-likeness (QED) is 0.0947. The zero-order valence-electron chi connectivity index (χ0n) is 47.9. The Morgan fingerprint density at radius 2 is 0.964 bits per heavy atom. The van der Waals surface area contributed by atoms with Crippen molar-refractivity contribution in [3.8, 4) is 11.5 Å². The van der Waals surface area contributed by atoms with Crippen molar-refractivity contribution in [2.45, 2.75) is 70.7 Å². The van der Waals surface area contributed by atoms with E-state index in [-0.39, 0.29) is 28.9 Å². The van der Waals surface area contributed by atoms with Crippen molar-refractivity contribution in [3.63, 3.8) is 0 Å². The summed E-state index contributed by atoms with van der Waals surface area (Å²) in [7, 11) is -3.78. The van der Waals surface area contributed by atoms with E-state index in [0.717, 1.165) is 139 Å². The molecule has 0 saturated carbocycles. The predicted molar refractivity (Wildman–Crippen MR) is 335 cm³/mol. The highest BCUT2D eigenvalue weighted by Gasteiger charge is 2.29. The third-order valence-corrected chi connectivity index (χ3v) is 17.2. The summed E-state index contributed by atoms with van der Waals surface area (Å²) in [5.41, 5.74) is 17.0. The number of nitrogen functional groups attached to an aromatic ring is 1. The first kappa shape index (κ1) is 56.5. The van der Waals surface area contributed by atoms with E-state index in [1.54, 1.807) is 23.1 Å². The second-order valence-corrected chi connectivity index (χ2v) is 24.1. The normalized spacial score (nSPS) is 15.5. The molecule has 2 amide bonds. The van der Waals surface area contributed by atoms with Gasteiger partial charge in [-0.3, -0.25) is 24.1 Å². The summed E-state index contributed by atoms with van der Waals surface area (Å²) in [4.78, 5) is 40.6. The van der Waals surface area contributed by atoms with Crippen molar-refractivity contribution in [1.82, 2.24) is 9.80 Å². The van der Waals surface area contributed by atoms with Gasteiger partial charge in [-0.15, -0.1) is 0 Å². The highest BCUT2D eigenvalue weighted by Crippen LogP contribution is 2.36. The fourth-order valence-corrected chi connectivity index (χ4v) is 12.8. The van der Waals surface area contributed by atoms with Crippen molar-refractivity contribution in [1.29, 1.82) is 0 Å². The maximum atomic E-state index is 13.8. The standard InChI is InChI=1S/C39H40N4O4S.C29H34N4O2/c1-28(2)47-38-13-6-5-12-37(38)42-22-20-41(21-23-42)27-29-8-7-11-33(24-29)39(44)43-19-18-32-25-34(15-17-36(32)43)40-48(45,46)35-16-14-30-9-3-4-10-31(30)26-35;1-21(2)35-28-9-4-3-8-27(28)32-16-14-31(15-17-32)20-22-6-5-7-24(18-22)29(34)33-13-12-23-19-25(30)10-11-26(23)33/h3-17,24-26,28,40H,18-23,27H2,1-2H3;3-11,18-19,21H,12-17,20,30H2,1-2H3. The molecule has 0 aliphatic carbocycles. The Bertz CT molecular complexity index is 3740. The van der Waals surface area contributed by atoms with Crippen LogP contribution < -0.4 is 39.5 Å². The molecule has 14 nitrogen and oxygen atoms in total. The van der Waals surface area contributed by atoms with E-state index in [1.807, 2.05) is 128 Å². The fraction of sp³-hybridized carbons (Fsp3) is 0.294. The first-order valence-corrected chi connectivity index (χ1v) is 30.5. The van der Waals surface area contributed by atoms with Crippen LogP contribution in [0, 0.1) is 0 Å². The molecule has 428 valence electrons. The van der Waals surface area contributed by atoms with Gasteiger partial charge in [-0.1, -0.05) is 78.9 Å². The van der Waals surface area contributed by atoms with Gasteiger partial charge in [0.05, 0.1) is 28.5 Å². The van der Waals surface area contributed by atoms with E-state index >= 15 is 0 Å². The molecule has 0 atom stereocenters. The first-order chi connectivity index (χ1) is 40.2. The fourth-order valence-electron chi connectivity index (χ4n) is 11.7. The van der Waals surface area contributed by atoms with Gasteiger partial charge in [0.2, 0.25) is 0 Å². The van der Waals surface area contributed by atoms with Gasteiger partial charge in [0.25, 0.3) is 21.8 Å². The number of hydrogen-bond donors (Lipinski definition) is 2. The lowest BCUT2D eigenvalue weighted by Gasteiger charge is -2.37. The smallest absolute Gasteiger partial charge is 0.261 e. The van der Waals surface area contributed by atoms with Crippen LogP contribution in [0.15, 0.2) is 181 Å². The molecule has 0 bridgehead atoms. The van der Waals surface area contributed by atoms with Crippen LogP contribution in [0.5, 0.6) is 11.5 Å². The van der Waals surface area contributed by atoms with Crippen LogP contribution in [0.25, 0.3) is 10.8 Å². The number of benzene rings is 8. The minimum Gasteiger partial charge on any atom is -0.489 e. The summed E-state index contributed by atoms with van der Waals surface area (Å²) in [6.45, 7) is 18.6. The number of fused-ring (bicyclic) bond motifs is 3. The molecule has 0 radical (unpaired) electrons. The Balaban J connectivity index is 0.000000183. The first-order valence-electron chi connectivity index (χ1n) is 29.0. The van der Waals surface area contributed by atoms with Crippen molar-refractivity contribution < 1.29 is 27.5 Å². The number of para-hydroxylation sites is 4. The summed E-state index contributed by atoms with van der Waals surface area (Å²) in [6.07, 6.45) is 1.78. The largest absolute Gasteiger partial charge is 0.489 e. The lowest BCUT2D eigenvalue weighted by atomic mass is 10.1. The lowest BCUT2D eigenvalue weighted by Crippen LogP contribution is -2.46.